The first-order chi connectivity index (χ1) is 9.20. The molecule has 0 nitrogen and oxygen atoms in total. The highest BCUT2D eigenvalue weighted by Crippen LogP contribution is 2.65. The first-order valence-electron chi connectivity index (χ1n) is 9.20. The fourth-order valence-electron chi connectivity index (χ4n) is 6.36. The summed E-state index contributed by atoms with van der Waals surface area (Å²) in [6.07, 6.45) is 13.4. The lowest BCUT2D eigenvalue weighted by Gasteiger charge is -2.62. The Morgan fingerprint density at radius 2 is 1.15 bits per heavy atom. The monoisotopic (exact) mass is 278 g/mol. The van der Waals surface area contributed by atoms with E-state index in [1.165, 1.54) is 57.8 Å². The zero-order valence-corrected chi connectivity index (χ0v) is 15.0. The van der Waals surface area contributed by atoms with E-state index < -0.39 is 0 Å². The Labute approximate surface area is 128 Å². The second-order valence-electron chi connectivity index (χ2n) is 9.72. The lowest BCUT2D eigenvalue weighted by molar-refractivity contribution is -0.135. The Morgan fingerprint density at radius 3 is 1.65 bits per heavy atom. The van der Waals surface area contributed by atoms with Gasteiger partial charge in [-0.15, -0.1) is 0 Å². The lowest BCUT2D eigenvalue weighted by Crippen LogP contribution is -2.55. The summed E-state index contributed by atoms with van der Waals surface area (Å²) in [7, 11) is 0. The van der Waals surface area contributed by atoms with Crippen LogP contribution in [0.1, 0.15) is 99.3 Å². The molecule has 0 amide bonds. The Balaban J connectivity index is 2.39. The molecule has 0 aliphatic heterocycles. The number of rotatable bonds is 1. The van der Waals surface area contributed by atoms with Crippen molar-refractivity contribution in [3.63, 3.8) is 0 Å². The highest BCUT2D eigenvalue weighted by Gasteiger charge is 2.57. The Hall–Kier alpha value is 0. The quantitative estimate of drug-likeness (QED) is 0.493. The molecule has 0 radical (unpaired) electrons. The van der Waals surface area contributed by atoms with Gasteiger partial charge < -0.3 is 0 Å². The predicted octanol–water partition coefficient (Wildman–Crippen LogP) is 6.84. The van der Waals surface area contributed by atoms with Crippen molar-refractivity contribution in [2.45, 2.75) is 99.3 Å². The maximum absolute atomic E-state index is 2.53. The minimum Gasteiger partial charge on any atom is -0.0596 e. The van der Waals surface area contributed by atoms with Gasteiger partial charge in [-0.3, -0.25) is 0 Å². The maximum atomic E-state index is 2.53. The van der Waals surface area contributed by atoms with E-state index in [4.69, 9.17) is 0 Å². The van der Waals surface area contributed by atoms with E-state index in [2.05, 4.69) is 41.5 Å². The fourth-order valence-corrected chi connectivity index (χ4v) is 6.36. The molecule has 0 heteroatoms. The second kappa shape index (κ2) is 5.65. The summed E-state index contributed by atoms with van der Waals surface area (Å²) >= 11 is 0. The SMILES string of the molecule is CC(C)(C)C1(C(C)(C)C)CCCCC1C1CCCCC1. The van der Waals surface area contributed by atoms with E-state index in [0.717, 1.165) is 11.8 Å². The molecule has 1 atom stereocenters. The van der Waals surface area contributed by atoms with Crippen LogP contribution in [0.15, 0.2) is 0 Å². The van der Waals surface area contributed by atoms with Crippen LogP contribution in [0.3, 0.4) is 0 Å². The van der Waals surface area contributed by atoms with E-state index in [-0.39, 0.29) is 0 Å². The molecule has 0 aromatic rings. The molecular weight excluding hydrogens is 240 g/mol. The van der Waals surface area contributed by atoms with Gasteiger partial charge in [0.1, 0.15) is 0 Å². The van der Waals surface area contributed by atoms with Crippen LogP contribution in [0.25, 0.3) is 0 Å². The molecule has 118 valence electrons. The predicted molar refractivity (Wildman–Crippen MR) is 89.9 cm³/mol. The maximum Gasteiger partial charge on any atom is -0.0169 e. The van der Waals surface area contributed by atoms with Crippen molar-refractivity contribution >= 4 is 0 Å². The Morgan fingerprint density at radius 1 is 0.650 bits per heavy atom. The third kappa shape index (κ3) is 2.69. The molecule has 2 fully saturated rings. The second-order valence-corrected chi connectivity index (χ2v) is 9.72. The topological polar surface area (TPSA) is 0 Å². The summed E-state index contributed by atoms with van der Waals surface area (Å²) in [6, 6.07) is 0. The molecule has 20 heavy (non-hydrogen) atoms. The molecule has 0 aromatic heterocycles. The van der Waals surface area contributed by atoms with Crippen molar-refractivity contribution in [2.75, 3.05) is 0 Å². The van der Waals surface area contributed by atoms with Gasteiger partial charge in [-0.1, -0.05) is 86.5 Å². The Bertz CT molecular complexity index is 292. The molecule has 2 rings (SSSR count). The van der Waals surface area contributed by atoms with Crippen molar-refractivity contribution in [1.29, 1.82) is 0 Å². The molecule has 1 unspecified atom stereocenters. The average molecular weight is 279 g/mol. The molecule has 0 N–H and O–H groups in total. The largest absolute Gasteiger partial charge is 0.0596 e. The summed E-state index contributed by atoms with van der Waals surface area (Å²) in [5.41, 5.74) is 1.38. The molecule has 0 bridgehead atoms. The molecule has 0 spiro atoms. The summed E-state index contributed by atoms with van der Waals surface area (Å²) in [4.78, 5) is 0. The summed E-state index contributed by atoms with van der Waals surface area (Å²) < 4.78 is 0. The first-order valence-corrected chi connectivity index (χ1v) is 9.20. The minimum atomic E-state index is 0.424. The van der Waals surface area contributed by atoms with Crippen LogP contribution >= 0.6 is 0 Å². The highest BCUT2D eigenvalue weighted by atomic mass is 14.6. The fraction of sp³-hybridized carbons (Fsp3) is 1.00. The molecule has 2 aliphatic rings. The number of hydrogen-bond acceptors (Lipinski definition) is 0. The van der Waals surface area contributed by atoms with E-state index in [1.807, 2.05) is 0 Å². The van der Waals surface area contributed by atoms with E-state index >= 15 is 0 Å². The van der Waals surface area contributed by atoms with Gasteiger partial charge in [-0.2, -0.15) is 0 Å². The normalized spacial score (nSPS) is 29.4. The molecular formula is C20H38. The zero-order chi connectivity index (χ0) is 15.0. The minimum absolute atomic E-state index is 0.424. The Kier molecular flexibility index (Phi) is 4.63. The van der Waals surface area contributed by atoms with E-state index in [0.29, 0.717) is 16.2 Å². The molecule has 0 saturated heterocycles. The smallest absolute Gasteiger partial charge is 0.0169 e. The van der Waals surface area contributed by atoms with Crippen LogP contribution in [0.2, 0.25) is 0 Å². The van der Waals surface area contributed by atoms with Crippen molar-refractivity contribution in [3.05, 3.63) is 0 Å². The zero-order valence-electron chi connectivity index (χ0n) is 15.0. The molecule has 2 aliphatic carbocycles. The number of hydrogen-bond donors (Lipinski definition) is 0. The summed E-state index contributed by atoms with van der Waals surface area (Å²) in [5, 5.41) is 0. The first kappa shape index (κ1) is 16.4. The average Bonchev–Trinajstić information content (AvgIpc) is 2.37. The van der Waals surface area contributed by atoms with Crippen LogP contribution in [0.5, 0.6) is 0 Å². The molecule has 0 heterocycles. The van der Waals surface area contributed by atoms with Crippen molar-refractivity contribution < 1.29 is 0 Å². The van der Waals surface area contributed by atoms with E-state index in [9.17, 15) is 0 Å². The summed E-state index contributed by atoms with van der Waals surface area (Å²) in [6.45, 7) is 15.2. The third-order valence-electron chi connectivity index (χ3n) is 6.86. The van der Waals surface area contributed by atoms with Crippen LogP contribution in [0.4, 0.5) is 0 Å². The van der Waals surface area contributed by atoms with Gasteiger partial charge in [-0.25, -0.2) is 0 Å². The molecule has 2 saturated carbocycles. The van der Waals surface area contributed by atoms with Gasteiger partial charge >= 0.3 is 0 Å². The van der Waals surface area contributed by atoms with Crippen molar-refractivity contribution in [3.8, 4) is 0 Å². The standard InChI is InChI=1S/C20H38/c1-18(2,3)20(19(4,5)6)15-11-10-14-17(20)16-12-8-7-9-13-16/h16-17H,7-15H2,1-6H3. The van der Waals surface area contributed by atoms with Gasteiger partial charge in [0.15, 0.2) is 0 Å². The van der Waals surface area contributed by atoms with Crippen molar-refractivity contribution in [2.24, 2.45) is 28.1 Å². The van der Waals surface area contributed by atoms with Crippen molar-refractivity contribution in [1.82, 2.24) is 0 Å². The summed E-state index contributed by atoms with van der Waals surface area (Å²) in [5.74, 6) is 1.99. The van der Waals surface area contributed by atoms with Crippen LogP contribution < -0.4 is 0 Å². The van der Waals surface area contributed by atoms with Gasteiger partial charge in [0.05, 0.1) is 0 Å². The van der Waals surface area contributed by atoms with Crippen LogP contribution in [-0.2, 0) is 0 Å². The lowest BCUT2D eigenvalue weighted by atomic mass is 9.42. The van der Waals surface area contributed by atoms with Gasteiger partial charge in [0, 0.05) is 0 Å². The van der Waals surface area contributed by atoms with Gasteiger partial charge in [-0.05, 0) is 40.9 Å². The highest BCUT2D eigenvalue weighted by molar-refractivity contribution is 5.05. The van der Waals surface area contributed by atoms with E-state index in [1.54, 1.807) is 0 Å². The van der Waals surface area contributed by atoms with Gasteiger partial charge in [0.2, 0.25) is 0 Å². The van der Waals surface area contributed by atoms with Gasteiger partial charge in [0.25, 0.3) is 0 Å². The third-order valence-corrected chi connectivity index (χ3v) is 6.86. The molecule has 0 aromatic carbocycles. The van der Waals surface area contributed by atoms with Crippen LogP contribution in [0, 0.1) is 28.1 Å². The van der Waals surface area contributed by atoms with Crippen LogP contribution in [-0.4, -0.2) is 0 Å².